The summed E-state index contributed by atoms with van der Waals surface area (Å²) in [4.78, 5) is 10.9. The molecule has 2 heteroatoms. The molecule has 0 aromatic rings. The first-order valence-corrected chi connectivity index (χ1v) is 5.41. The quantitative estimate of drug-likeness (QED) is 0.701. The molecule has 80 valence electrons. The summed E-state index contributed by atoms with van der Waals surface area (Å²) < 4.78 is 0. The minimum atomic E-state index is -0.616. The number of rotatable bonds is 4. The lowest BCUT2D eigenvalue weighted by atomic mass is 9.68. The molecule has 2 atom stereocenters. The first kappa shape index (κ1) is 11.3. The summed E-state index contributed by atoms with van der Waals surface area (Å²) in [5, 5.41) is 8.98. The molecule has 1 aliphatic carbocycles. The van der Waals surface area contributed by atoms with E-state index in [9.17, 15) is 4.79 Å². The summed E-state index contributed by atoms with van der Waals surface area (Å²) in [6, 6.07) is 0. The Balaban J connectivity index is 2.52. The van der Waals surface area contributed by atoms with Gasteiger partial charge in [-0.2, -0.15) is 0 Å². The van der Waals surface area contributed by atoms with Crippen molar-refractivity contribution in [1.82, 2.24) is 0 Å². The van der Waals surface area contributed by atoms with Crippen LogP contribution < -0.4 is 0 Å². The van der Waals surface area contributed by atoms with Gasteiger partial charge in [0.1, 0.15) is 0 Å². The number of allylic oxidation sites excluding steroid dienone is 1. The molecule has 1 saturated carbocycles. The van der Waals surface area contributed by atoms with Gasteiger partial charge >= 0.3 is 5.97 Å². The van der Waals surface area contributed by atoms with Crippen molar-refractivity contribution in [3.8, 4) is 0 Å². The van der Waals surface area contributed by atoms with Gasteiger partial charge in [0.2, 0.25) is 0 Å². The maximum Gasteiger partial charge on any atom is 0.306 e. The standard InChI is InChI=1S/C12H20O2/c1-3-4-7-12(2)8-5-6-10(9-12)11(13)14/h3,10H,1,4-9H2,2H3,(H,13,14). The summed E-state index contributed by atoms with van der Waals surface area (Å²) in [5.74, 6) is -0.729. The van der Waals surface area contributed by atoms with Crippen LogP contribution in [0.3, 0.4) is 0 Å². The Kier molecular flexibility index (Phi) is 3.73. The molecule has 2 nitrogen and oxygen atoms in total. The maximum atomic E-state index is 10.9. The van der Waals surface area contributed by atoms with Crippen LogP contribution >= 0.6 is 0 Å². The van der Waals surface area contributed by atoms with Crippen molar-refractivity contribution in [3.05, 3.63) is 12.7 Å². The van der Waals surface area contributed by atoms with Gasteiger partial charge in [-0.3, -0.25) is 4.79 Å². The van der Waals surface area contributed by atoms with Crippen molar-refractivity contribution in [2.75, 3.05) is 0 Å². The summed E-state index contributed by atoms with van der Waals surface area (Å²) in [7, 11) is 0. The summed E-state index contributed by atoms with van der Waals surface area (Å²) >= 11 is 0. The Labute approximate surface area is 86.0 Å². The van der Waals surface area contributed by atoms with Crippen molar-refractivity contribution in [2.24, 2.45) is 11.3 Å². The predicted octanol–water partition coefficient (Wildman–Crippen LogP) is 3.23. The van der Waals surface area contributed by atoms with Crippen LogP contribution in [0.2, 0.25) is 0 Å². The molecule has 0 radical (unpaired) electrons. The normalized spacial score (nSPS) is 32.5. The van der Waals surface area contributed by atoms with Gasteiger partial charge in [-0.15, -0.1) is 6.58 Å². The highest BCUT2D eigenvalue weighted by Gasteiger charge is 2.34. The van der Waals surface area contributed by atoms with Gasteiger partial charge in [0.15, 0.2) is 0 Å². The van der Waals surface area contributed by atoms with Crippen LogP contribution in [0.5, 0.6) is 0 Å². The van der Waals surface area contributed by atoms with Crippen LogP contribution in [0.4, 0.5) is 0 Å². The lowest BCUT2D eigenvalue weighted by Gasteiger charge is -2.36. The second kappa shape index (κ2) is 4.63. The molecular weight excluding hydrogens is 176 g/mol. The minimum Gasteiger partial charge on any atom is -0.481 e. The minimum absolute atomic E-state index is 0.112. The van der Waals surface area contributed by atoms with Crippen LogP contribution in [0.1, 0.15) is 45.4 Å². The third-order valence-corrected chi connectivity index (χ3v) is 3.37. The van der Waals surface area contributed by atoms with Gasteiger partial charge in [-0.05, 0) is 37.5 Å². The Morgan fingerprint density at radius 3 is 3.00 bits per heavy atom. The van der Waals surface area contributed by atoms with Crippen molar-refractivity contribution in [3.63, 3.8) is 0 Å². The van der Waals surface area contributed by atoms with E-state index in [0.717, 1.165) is 32.1 Å². The summed E-state index contributed by atoms with van der Waals surface area (Å²) in [5.41, 5.74) is 0.232. The molecule has 0 heterocycles. The highest BCUT2D eigenvalue weighted by Crippen LogP contribution is 2.42. The molecule has 2 unspecified atom stereocenters. The number of aliphatic carboxylic acids is 1. The zero-order valence-corrected chi connectivity index (χ0v) is 8.96. The molecule has 1 N–H and O–H groups in total. The van der Waals surface area contributed by atoms with Crippen molar-refractivity contribution < 1.29 is 9.90 Å². The molecule has 0 saturated heterocycles. The number of hydrogen-bond donors (Lipinski definition) is 1. The Morgan fingerprint density at radius 1 is 1.71 bits per heavy atom. The molecule has 0 amide bonds. The maximum absolute atomic E-state index is 10.9. The Morgan fingerprint density at radius 2 is 2.43 bits per heavy atom. The van der Waals surface area contributed by atoms with Gasteiger partial charge in [0.05, 0.1) is 5.92 Å². The van der Waals surface area contributed by atoms with Crippen molar-refractivity contribution >= 4 is 5.97 Å². The molecule has 0 aromatic carbocycles. The average molecular weight is 196 g/mol. The topological polar surface area (TPSA) is 37.3 Å². The van der Waals surface area contributed by atoms with Gasteiger partial charge in [-0.25, -0.2) is 0 Å². The molecule has 0 aliphatic heterocycles. The second-order valence-corrected chi connectivity index (χ2v) is 4.77. The van der Waals surface area contributed by atoms with Crippen LogP contribution in [0.15, 0.2) is 12.7 Å². The largest absolute Gasteiger partial charge is 0.481 e. The molecule has 0 bridgehead atoms. The summed E-state index contributed by atoms with van der Waals surface area (Å²) in [6.45, 7) is 5.93. The lowest BCUT2D eigenvalue weighted by molar-refractivity contribution is -0.144. The fourth-order valence-electron chi connectivity index (χ4n) is 2.46. The highest BCUT2D eigenvalue weighted by atomic mass is 16.4. The van der Waals surface area contributed by atoms with E-state index in [1.165, 1.54) is 6.42 Å². The van der Waals surface area contributed by atoms with E-state index in [1.54, 1.807) is 0 Å². The van der Waals surface area contributed by atoms with Crippen LogP contribution in [0.25, 0.3) is 0 Å². The lowest BCUT2D eigenvalue weighted by Crippen LogP contribution is -2.29. The first-order chi connectivity index (χ1) is 6.57. The average Bonchev–Trinajstić information content (AvgIpc) is 2.15. The fourth-order valence-corrected chi connectivity index (χ4v) is 2.46. The van der Waals surface area contributed by atoms with Crippen LogP contribution in [0, 0.1) is 11.3 Å². The Hall–Kier alpha value is -0.790. The monoisotopic (exact) mass is 196 g/mol. The second-order valence-electron chi connectivity index (χ2n) is 4.77. The first-order valence-electron chi connectivity index (χ1n) is 5.41. The molecule has 0 aromatic heterocycles. The predicted molar refractivity (Wildman–Crippen MR) is 57.1 cm³/mol. The molecule has 1 rings (SSSR count). The fraction of sp³-hybridized carbons (Fsp3) is 0.750. The van der Waals surface area contributed by atoms with E-state index in [4.69, 9.17) is 5.11 Å². The number of carbonyl (C=O) groups is 1. The van der Waals surface area contributed by atoms with E-state index in [0.29, 0.717) is 0 Å². The van der Waals surface area contributed by atoms with E-state index in [-0.39, 0.29) is 11.3 Å². The highest BCUT2D eigenvalue weighted by molar-refractivity contribution is 5.70. The number of carboxylic acids is 1. The molecule has 0 spiro atoms. The summed E-state index contributed by atoms with van der Waals surface area (Å²) in [6.07, 6.45) is 7.95. The third kappa shape index (κ3) is 2.86. The van der Waals surface area contributed by atoms with Crippen LogP contribution in [-0.2, 0) is 4.79 Å². The van der Waals surface area contributed by atoms with Gasteiger partial charge in [0.25, 0.3) is 0 Å². The van der Waals surface area contributed by atoms with E-state index in [2.05, 4.69) is 13.5 Å². The van der Waals surface area contributed by atoms with Gasteiger partial charge in [-0.1, -0.05) is 19.4 Å². The SMILES string of the molecule is C=CCCC1(C)CCCC(C(=O)O)C1. The van der Waals surface area contributed by atoms with E-state index in [1.807, 2.05) is 6.08 Å². The molecular formula is C12H20O2. The van der Waals surface area contributed by atoms with E-state index < -0.39 is 5.97 Å². The van der Waals surface area contributed by atoms with Gasteiger partial charge < -0.3 is 5.11 Å². The van der Waals surface area contributed by atoms with Crippen molar-refractivity contribution in [2.45, 2.75) is 45.4 Å². The van der Waals surface area contributed by atoms with Crippen molar-refractivity contribution in [1.29, 1.82) is 0 Å². The van der Waals surface area contributed by atoms with Crippen LogP contribution in [-0.4, -0.2) is 11.1 Å². The zero-order chi connectivity index (χ0) is 10.6. The zero-order valence-electron chi connectivity index (χ0n) is 8.96. The molecule has 1 aliphatic rings. The smallest absolute Gasteiger partial charge is 0.306 e. The number of hydrogen-bond acceptors (Lipinski definition) is 1. The molecule has 1 fully saturated rings. The number of carboxylic acid groups (broad SMARTS) is 1. The van der Waals surface area contributed by atoms with Gasteiger partial charge in [0, 0.05) is 0 Å². The molecule has 14 heavy (non-hydrogen) atoms. The Bertz CT molecular complexity index is 222. The third-order valence-electron chi connectivity index (χ3n) is 3.37. The van der Waals surface area contributed by atoms with E-state index >= 15 is 0 Å².